The molecule has 1 amide bonds. The van der Waals surface area contributed by atoms with Crippen LogP contribution in [0.1, 0.15) is 43.7 Å². The molecule has 0 saturated carbocycles. The minimum absolute atomic E-state index is 0.212. The van der Waals surface area contributed by atoms with Crippen molar-refractivity contribution < 1.29 is 9.90 Å². The number of aryl methyl sites for hydroxylation is 1. The van der Waals surface area contributed by atoms with Crippen LogP contribution in [0.5, 0.6) is 0 Å². The Morgan fingerprint density at radius 1 is 0.972 bits per heavy atom. The average molecular weight is 481 g/mol. The number of imidazole rings is 1. The lowest BCUT2D eigenvalue weighted by atomic mass is 9.92. The molecule has 0 saturated heterocycles. The number of aliphatic hydroxyl groups is 1. The van der Waals surface area contributed by atoms with Crippen molar-refractivity contribution >= 4 is 22.9 Å². The summed E-state index contributed by atoms with van der Waals surface area (Å²) in [7, 11) is 0. The first-order chi connectivity index (χ1) is 17.2. The van der Waals surface area contributed by atoms with Crippen molar-refractivity contribution in [1.82, 2.24) is 24.3 Å². The molecule has 5 aromatic rings. The molecule has 3 heterocycles. The highest BCUT2D eigenvalue weighted by Gasteiger charge is 2.24. The molecule has 1 unspecified atom stereocenters. The Balaban J connectivity index is 1.39. The third-order valence-corrected chi connectivity index (χ3v) is 6.05. The van der Waals surface area contributed by atoms with Crippen molar-refractivity contribution in [3.8, 4) is 11.4 Å². The standard InChI is InChI=1S/C28H28N6O2/c1-18-7-11-21(12-8-18)34-24(16-23(32-34)28(2,3)4)31-27(36)25(35)19-9-13-20(14-10-19)33-17-30-22-6-5-15-29-26(22)33/h5-17,25,35H,1-4H3,(H,31,36). The lowest BCUT2D eigenvalue weighted by molar-refractivity contribution is -0.124. The number of pyridine rings is 1. The van der Waals surface area contributed by atoms with E-state index in [2.05, 4.69) is 36.1 Å². The number of hydrogen-bond donors (Lipinski definition) is 2. The number of carbonyl (C=O) groups excluding carboxylic acids is 1. The topological polar surface area (TPSA) is 97.9 Å². The van der Waals surface area contributed by atoms with Gasteiger partial charge in [0.1, 0.15) is 17.7 Å². The van der Waals surface area contributed by atoms with E-state index in [4.69, 9.17) is 5.10 Å². The SMILES string of the molecule is Cc1ccc(-n2nc(C(C)(C)C)cc2NC(=O)C(O)c2ccc(-n3cnc4cccnc43)cc2)cc1. The Bertz CT molecular complexity index is 1530. The van der Waals surface area contributed by atoms with Crippen molar-refractivity contribution in [2.24, 2.45) is 0 Å². The highest BCUT2D eigenvalue weighted by atomic mass is 16.3. The lowest BCUT2D eigenvalue weighted by Crippen LogP contribution is -2.22. The smallest absolute Gasteiger partial charge is 0.258 e. The number of amides is 1. The van der Waals surface area contributed by atoms with Crippen LogP contribution in [0.25, 0.3) is 22.5 Å². The molecule has 0 spiro atoms. The average Bonchev–Trinajstić information content (AvgIpc) is 3.49. The van der Waals surface area contributed by atoms with Gasteiger partial charge in [-0.05, 0) is 48.9 Å². The number of aromatic nitrogens is 5. The largest absolute Gasteiger partial charge is 0.378 e. The molecular formula is C28H28N6O2. The molecule has 2 N–H and O–H groups in total. The van der Waals surface area contributed by atoms with E-state index in [1.54, 1.807) is 29.3 Å². The summed E-state index contributed by atoms with van der Waals surface area (Å²) in [6.07, 6.45) is 2.07. The number of anilines is 1. The van der Waals surface area contributed by atoms with Gasteiger partial charge in [-0.1, -0.05) is 50.6 Å². The number of hydrogen-bond acceptors (Lipinski definition) is 5. The van der Waals surface area contributed by atoms with Crippen molar-refractivity contribution in [1.29, 1.82) is 0 Å². The number of fused-ring (bicyclic) bond motifs is 1. The third-order valence-electron chi connectivity index (χ3n) is 6.05. The van der Waals surface area contributed by atoms with E-state index in [1.807, 2.05) is 66.1 Å². The van der Waals surface area contributed by atoms with Gasteiger partial charge in [-0.25, -0.2) is 14.6 Å². The van der Waals surface area contributed by atoms with Crippen molar-refractivity contribution in [3.63, 3.8) is 0 Å². The van der Waals surface area contributed by atoms with E-state index < -0.39 is 12.0 Å². The molecule has 8 heteroatoms. The molecule has 0 fully saturated rings. The zero-order valence-corrected chi connectivity index (χ0v) is 20.7. The van der Waals surface area contributed by atoms with E-state index in [0.717, 1.165) is 33.8 Å². The number of aliphatic hydroxyl groups excluding tert-OH is 1. The van der Waals surface area contributed by atoms with Gasteiger partial charge in [0.25, 0.3) is 5.91 Å². The molecule has 0 aliphatic rings. The summed E-state index contributed by atoms with van der Waals surface area (Å²) in [5.41, 5.74) is 5.42. The van der Waals surface area contributed by atoms with Gasteiger partial charge in [0.05, 0.1) is 11.4 Å². The first-order valence-electron chi connectivity index (χ1n) is 11.8. The Labute approximate surface area is 209 Å². The molecule has 3 aromatic heterocycles. The molecular weight excluding hydrogens is 452 g/mol. The summed E-state index contributed by atoms with van der Waals surface area (Å²) >= 11 is 0. The first kappa shape index (κ1) is 23.4. The summed E-state index contributed by atoms with van der Waals surface area (Å²) in [4.78, 5) is 21.8. The second-order valence-electron chi connectivity index (χ2n) is 9.86. The fourth-order valence-electron chi connectivity index (χ4n) is 3.92. The number of carbonyl (C=O) groups is 1. The van der Waals surface area contributed by atoms with Crippen LogP contribution in [-0.2, 0) is 10.2 Å². The van der Waals surface area contributed by atoms with E-state index in [1.165, 1.54) is 0 Å². The molecule has 8 nitrogen and oxygen atoms in total. The van der Waals surface area contributed by atoms with Crippen molar-refractivity contribution in [2.75, 3.05) is 5.32 Å². The van der Waals surface area contributed by atoms with E-state index >= 15 is 0 Å². The minimum atomic E-state index is -1.35. The number of rotatable bonds is 5. The molecule has 0 bridgehead atoms. The normalized spacial score (nSPS) is 12.6. The van der Waals surface area contributed by atoms with Crippen molar-refractivity contribution in [2.45, 2.75) is 39.2 Å². The van der Waals surface area contributed by atoms with E-state index in [-0.39, 0.29) is 5.41 Å². The molecule has 182 valence electrons. The Hall–Kier alpha value is -4.30. The maximum absolute atomic E-state index is 13.1. The third kappa shape index (κ3) is 4.50. The Morgan fingerprint density at radius 3 is 2.36 bits per heavy atom. The number of nitrogens with one attached hydrogen (secondary N) is 1. The van der Waals surface area contributed by atoms with Crippen LogP contribution < -0.4 is 5.32 Å². The number of nitrogens with zero attached hydrogens (tertiary/aromatic N) is 5. The summed E-state index contributed by atoms with van der Waals surface area (Å²) in [6, 6.07) is 20.6. The zero-order chi connectivity index (χ0) is 25.4. The van der Waals surface area contributed by atoms with Crippen LogP contribution in [0.15, 0.2) is 79.3 Å². The van der Waals surface area contributed by atoms with Crippen LogP contribution in [0.3, 0.4) is 0 Å². The van der Waals surface area contributed by atoms with E-state index in [0.29, 0.717) is 11.4 Å². The minimum Gasteiger partial charge on any atom is -0.378 e. The highest BCUT2D eigenvalue weighted by Crippen LogP contribution is 2.27. The van der Waals surface area contributed by atoms with Crippen LogP contribution >= 0.6 is 0 Å². The summed E-state index contributed by atoms with van der Waals surface area (Å²) in [5.74, 6) is -0.0355. The molecule has 1 atom stereocenters. The van der Waals surface area contributed by atoms with Crippen LogP contribution in [0.4, 0.5) is 5.82 Å². The Kier molecular flexibility index (Phi) is 5.89. The molecule has 0 radical (unpaired) electrons. The van der Waals surface area contributed by atoms with E-state index in [9.17, 15) is 9.90 Å². The molecule has 2 aromatic carbocycles. The quantitative estimate of drug-likeness (QED) is 0.373. The predicted molar refractivity (Wildman–Crippen MR) is 139 cm³/mol. The lowest BCUT2D eigenvalue weighted by Gasteiger charge is -2.14. The second-order valence-corrected chi connectivity index (χ2v) is 9.86. The maximum atomic E-state index is 13.1. The van der Waals surface area contributed by atoms with Gasteiger partial charge < -0.3 is 10.4 Å². The fraction of sp³-hybridized carbons (Fsp3) is 0.214. The van der Waals surface area contributed by atoms with Crippen LogP contribution in [-0.4, -0.2) is 35.3 Å². The fourth-order valence-corrected chi connectivity index (χ4v) is 3.92. The summed E-state index contributed by atoms with van der Waals surface area (Å²) < 4.78 is 3.56. The van der Waals surface area contributed by atoms with Gasteiger partial charge in [0, 0.05) is 23.4 Å². The van der Waals surface area contributed by atoms with Gasteiger partial charge in [-0.3, -0.25) is 9.36 Å². The van der Waals surface area contributed by atoms with Gasteiger partial charge in [0.15, 0.2) is 11.8 Å². The monoisotopic (exact) mass is 480 g/mol. The summed E-state index contributed by atoms with van der Waals surface area (Å²) in [6.45, 7) is 8.21. The second kappa shape index (κ2) is 9.05. The molecule has 5 rings (SSSR count). The van der Waals surface area contributed by atoms with Crippen molar-refractivity contribution in [3.05, 3.63) is 96.1 Å². The molecule has 0 aliphatic carbocycles. The predicted octanol–water partition coefficient (Wildman–Crippen LogP) is 4.88. The van der Waals surface area contributed by atoms with Gasteiger partial charge in [-0.15, -0.1) is 0 Å². The van der Waals surface area contributed by atoms with Gasteiger partial charge >= 0.3 is 0 Å². The Morgan fingerprint density at radius 2 is 1.67 bits per heavy atom. The van der Waals surface area contributed by atoms with Crippen LogP contribution in [0, 0.1) is 6.92 Å². The van der Waals surface area contributed by atoms with Crippen LogP contribution in [0.2, 0.25) is 0 Å². The molecule has 0 aliphatic heterocycles. The van der Waals surface area contributed by atoms with Gasteiger partial charge in [-0.2, -0.15) is 5.10 Å². The van der Waals surface area contributed by atoms with Gasteiger partial charge in [0.2, 0.25) is 0 Å². The zero-order valence-electron chi connectivity index (χ0n) is 20.7. The highest BCUT2D eigenvalue weighted by molar-refractivity contribution is 5.94. The maximum Gasteiger partial charge on any atom is 0.258 e. The molecule has 36 heavy (non-hydrogen) atoms. The first-order valence-corrected chi connectivity index (χ1v) is 11.8. The summed E-state index contributed by atoms with van der Waals surface area (Å²) in [5, 5.41) is 18.4. The number of benzene rings is 2.